The van der Waals surface area contributed by atoms with E-state index < -0.39 is 5.97 Å². The lowest BCUT2D eigenvalue weighted by atomic mass is 9.89. The number of fused-ring (bicyclic) bond motifs is 1. The maximum Gasteiger partial charge on any atom is 0.335 e. The molecule has 1 saturated carbocycles. The third kappa shape index (κ3) is 3.39. The van der Waals surface area contributed by atoms with Crippen molar-refractivity contribution in [3.63, 3.8) is 0 Å². The van der Waals surface area contributed by atoms with E-state index in [2.05, 4.69) is 11.1 Å². The van der Waals surface area contributed by atoms with Crippen LogP contribution in [-0.4, -0.2) is 22.7 Å². The maximum absolute atomic E-state index is 11.7. The van der Waals surface area contributed by atoms with E-state index in [1.54, 1.807) is 12.3 Å². The van der Waals surface area contributed by atoms with Gasteiger partial charge in [-0.1, -0.05) is 18.9 Å². The van der Waals surface area contributed by atoms with Crippen LogP contribution in [0.5, 0.6) is 5.75 Å². The second kappa shape index (κ2) is 7.39. The summed E-state index contributed by atoms with van der Waals surface area (Å²) in [5.41, 5.74) is 4.39. The number of rotatable bonds is 5. The van der Waals surface area contributed by atoms with Gasteiger partial charge in [-0.2, -0.15) is 0 Å². The van der Waals surface area contributed by atoms with Crippen molar-refractivity contribution in [1.82, 2.24) is 4.98 Å². The van der Waals surface area contributed by atoms with Crippen molar-refractivity contribution in [1.29, 1.82) is 0 Å². The van der Waals surface area contributed by atoms with Crippen LogP contribution in [0.3, 0.4) is 0 Å². The van der Waals surface area contributed by atoms with E-state index in [0.717, 1.165) is 46.2 Å². The molecule has 0 unspecified atom stereocenters. The van der Waals surface area contributed by atoms with Gasteiger partial charge in [0.15, 0.2) is 0 Å². The van der Waals surface area contributed by atoms with Crippen molar-refractivity contribution in [2.75, 3.05) is 6.61 Å². The van der Waals surface area contributed by atoms with Gasteiger partial charge in [-0.3, -0.25) is 4.98 Å². The topological polar surface area (TPSA) is 59.4 Å². The molecule has 1 aromatic heterocycles. The summed E-state index contributed by atoms with van der Waals surface area (Å²) >= 11 is 0. The number of carboxylic acid groups (broad SMARTS) is 1. The van der Waals surface area contributed by atoms with Gasteiger partial charge in [0.1, 0.15) is 5.75 Å². The fourth-order valence-corrected chi connectivity index (χ4v) is 4.14. The Morgan fingerprint density at radius 1 is 1.15 bits per heavy atom. The molecule has 1 aliphatic carbocycles. The first-order valence-corrected chi connectivity index (χ1v) is 9.56. The molecule has 0 spiro atoms. The number of aromatic carboxylic acids is 1. The second-order valence-electron chi connectivity index (χ2n) is 7.06. The zero-order valence-corrected chi connectivity index (χ0v) is 15.4. The smallest absolute Gasteiger partial charge is 0.335 e. The number of benzene rings is 2. The Bertz CT molecular complexity index is 990. The second-order valence-corrected chi connectivity index (χ2v) is 7.06. The number of pyridine rings is 1. The molecule has 0 radical (unpaired) electrons. The quantitative estimate of drug-likeness (QED) is 0.637. The molecule has 1 N–H and O–H groups in total. The van der Waals surface area contributed by atoms with Crippen LogP contribution >= 0.6 is 0 Å². The Morgan fingerprint density at radius 3 is 2.70 bits per heavy atom. The number of carbonyl (C=O) groups is 1. The van der Waals surface area contributed by atoms with Gasteiger partial charge < -0.3 is 9.84 Å². The standard InChI is InChI=1S/C23H23NO3/c1-2-27-17-8-10-19-18(11-12-24-22(19)14-17)16-7-9-20(23(25)26)21(13-16)15-5-3-4-6-15/h7-15H,2-6H2,1H3,(H,25,26). The highest BCUT2D eigenvalue weighted by Gasteiger charge is 2.23. The minimum absolute atomic E-state index is 0.341. The molecule has 3 aromatic rings. The molecule has 4 nitrogen and oxygen atoms in total. The Kier molecular flexibility index (Phi) is 4.80. The van der Waals surface area contributed by atoms with E-state index in [0.29, 0.717) is 18.1 Å². The molecule has 4 heteroatoms. The molecular weight excluding hydrogens is 338 g/mol. The monoisotopic (exact) mass is 361 g/mol. The molecule has 27 heavy (non-hydrogen) atoms. The van der Waals surface area contributed by atoms with Gasteiger partial charge >= 0.3 is 5.97 Å². The molecule has 0 saturated heterocycles. The van der Waals surface area contributed by atoms with Gasteiger partial charge in [0.2, 0.25) is 0 Å². The largest absolute Gasteiger partial charge is 0.494 e. The first-order valence-electron chi connectivity index (χ1n) is 9.56. The van der Waals surface area contributed by atoms with E-state index in [-0.39, 0.29) is 0 Å². The summed E-state index contributed by atoms with van der Waals surface area (Å²) < 4.78 is 5.58. The lowest BCUT2D eigenvalue weighted by molar-refractivity contribution is 0.0695. The van der Waals surface area contributed by atoms with Crippen molar-refractivity contribution in [2.24, 2.45) is 0 Å². The van der Waals surface area contributed by atoms with Gasteiger partial charge in [0.25, 0.3) is 0 Å². The van der Waals surface area contributed by atoms with Crippen LogP contribution in [0.4, 0.5) is 0 Å². The van der Waals surface area contributed by atoms with Crippen LogP contribution < -0.4 is 4.74 Å². The van der Waals surface area contributed by atoms with Crippen LogP contribution in [0.15, 0.2) is 48.7 Å². The molecule has 0 amide bonds. The molecular formula is C23H23NO3. The Hall–Kier alpha value is -2.88. The minimum Gasteiger partial charge on any atom is -0.494 e. The summed E-state index contributed by atoms with van der Waals surface area (Å²) in [6.45, 7) is 2.58. The lowest BCUT2D eigenvalue weighted by Gasteiger charge is -2.16. The maximum atomic E-state index is 11.7. The number of hydrogen-bond donors (Lipinski definition) is 1. The SMILES string of the molecule is CCOc1ccc2c(-c3ccc(C(=O)O)c(C4CCCC4)c3)ccnc2c1. The number of hydrogen-bond acceptors (Lipinski definition) is 3. The summed E-state index contributed by atoms with van der Waals surface area (Å²) in [4.78, 5) is 16.2. The predicted molar refractivity (Wildman–Crippen MR) is 107 cm³/mol. The van der Waals surface area contributed by atoms with Gasteiger partial charge in [-0.25, -0.2) is 4.79 Å². The molecule has 1 aliphatic rings. The van der Waals surface area contributed by atoms with Gasteiger partial charge in [-0.15, -0.1) is 0 Å². The first kappa shape index (κ1) is 17.5. The van der Waals surface area contributed by atoms with Gasteiger partial charge in [-0.05, 0) is 72.7 Å². The Balaban J connectivity index is 1.83. The van der Waals surface area contributed by atoms with E-state index in [1.165, 1.54) is 12.8 Å². The van der Waals surface area contributed by atoms with Crippen LogP contribution in [0, 0.1) is 0 Å². The van der Waals surface area contributed by atoms with Crippen LogP contribution in [0.25, 0.3) is 22.0 Å². The zero-order chi connectivity index (χ0) is 18.8. The van der Waals surface area contributed by atoms with Crippen LogP contribution in [0.1, 0.15) is 54.4 Å². The molecule has 0 bridgehead atoms. The summed E-state index contributed by atoms with van der Waals surface area (Å²) in [5.74, 6) is 0.306. The van der Waals surface area contributed by atoms with Crippen LogP contribution in [-0.2, 0) is 0 Å². The summed E-state index contributed by atoms with van der Waals surface area (Å²) in [7, 11) is 0. The molecule has 1 fully saturated rings. The number of carboxylic acids is 1. The molecule has 2 aromatic carbocycles. The predicted octanol–water partition coefficient (Wildman–Crippen LogP) is 5.66. The summed E-state index contributed by atoms with van der Waals surface area (Å²) in [6, 6.07) is 13.7. The van der Waals surface area contributed by atoms with Crippen molar-refractivity contribution in [3.8, 4) is 16.9 Å². The van der Waals surface area contributed by atoms with E-state index in [9.17, 15) is 9.90 Å². The molecule has 4 rings (SSSR count). The number of nitrogens with zero attached hydrogens (tertiary/aromatic N) is 1. The van der Waals surface area contributed by atoms with Gasteiger partial charge in [0.05, 0.1) is 17.7 Å². The Morgan fingerprint density at radius 2 is 1.96 bits per heavy atom. The number of ether oxygens (including phenoxy) is 1. The van der Waals surface area contributed by atoms with Crippen molar-refractivity contribution < 1.29 is 14.6 Å². The average molecular weight is 361 g/mol. The molecule has 138 valence electrons. The van der Waals surface area contributed by atoms with E-state index in [1.807, 2.05) is 37.3 Å². The normalized spacial score (nSPS) is 14.6. The number of aromatic nitrogens is 1. The zero-order valence-electron chi connectivity index (χ0n) is 15.4. The highest BCUT2D eigenvalue weighted by atomic mass is 16.5. The van der Waals surface area contributed by atoms with Crippen molar-refractivity contribution >= 4 is 16.9 Å². The van der Waals surface area contributed by atoms with E-state index >= 15 is 0 Å². The van der Waals surface area contributed by atoms with E-state index in [4.69, 9.17) is 4.74 Å². The van der Waals surface area contributed by atoms with Gasteiger partial charge in [0, 0.05) is 17.6 Å². The molecule has 0 aliphatic heterocycles. The Labute approximate surface area is 158 Å². The molecule has 0 atom stereocenters. The third-order valence-electron chi connectivity index (χ3n) is 5.41. The average Bonchev–Trinajstić information content (AvgIpc) is 3.22. The fraction of sp³-hybridized carbons (Fsp3) is 0.304. The summed E-state index contributed by atoms with van der Waals surface area (Å²) in [5, 5.41) is 10.7. The highest BCUT2D eigenvalue weighted by Crippen LogP contribution is 2.39. The summed E-state index contributed by atoms with van der Waals surface area (Å²) in [6.07, 6.45) is 6.28. The van der Waals surface area contributed by atoms with Crippen LogP contribution in [0.2, 0.25) is 0 Å². The third-order valence-corrected chi connectivity index (χ3v) is 5.41. The molecule has 1 heterocycles. The highest BCUT2D eigenvalue weighted by molar-refractivity contribution is 5.96. The van der Waals surface area contributed by atoms with Crippen molar-refractivity contribution in [2.45, 2.75) is 38.5 Å². The first-order chi connectivity index (χ1) is 13.2. The van der Waals surface area contributed by atoms with Crippen molar-refractivity contribution in [3.05, 3.63) is 59.8 Å². The minimum atomic E-state index is -0.843. The fourth-order valence-electron chi connectivity index (χ4n) is 4.14. The lowest BCUT2D eigenvalue weighted by Crippen LogP contribution is -2.06.